The number of benzene rings is 2. The first-order valence-corrected chi connectivity index (χ1v) is 8.86. The van der Waals surface area contributed by atoms with Crippen LogP contribution in [0.4, 0.5) is 0 Å². The molecule has 0 bridgehead atoms. The second-order valence-corrected chi connectivity index (χ2v) is 6.08. The van der Waals surface area contributed by atoms with Gasteiger partial charge in [0.25, 0.3) is 5.91 Å². The highest BCUT2D eigenvalue weighted by molar-refractivity contribution is 5.88. The number of amides is 1. The highest BCUT2D eigenvalue weighted by atomic mass is 16.6. The fourth-order valence-electron chi connectivity index (χ4n) is 2.65. The zero-order valence-corrected chi connectivity index (χ0v) is 15.0. The molecule has 2 rings (SSSR count). The summed E-state index contributed by atoms with van der Waals surface area (Å²) in [6.07, 6.45) is 2.97. The Bertz CT molecular complexity index is 661. The molecule has 138 valence electrons. The maximum atomic E-state index is 12.7. The molecule has 0 radical (unpaired) electrons. The van der Waals surface area contributed by atoms with Crippen molar-refractivity contribution in [2.24, 2.45) is 0 Å². The zero-order chi connectivity index (χ0) is 18.8. The van der Waals surface area contributed by atoms with Crippen molar-refractivity contribution in [2.75, 3.05) is 13.2 Å². The van der Waals surface area contributed by atoms with E-state index in [1.54, 1.807) is 60.7 Å². The van der Waals surface area contributed by atoms with Gasteiger partial charge in [-0.15, -0.1) is 0 Å². The minimum absolute atomic E-state index is 0.377. The Morgan fingerprint density at radius 3 is 2.00 bits per heavy atom. The summed E-state index contributed by atoms with van der Waals surface area (Å²) in [4.78, 5) is 24.5. The van der Waals surface area contributed by atoms with Crippen LogP contribution < -0.4 is 5.32 Å². The van der Waals surface area contributed by atoms with Crippen LogP contribution in [0, 0.1) is 0 Å². The van der Waals surface area contributed by atoms with Gasteiger partial charge in [0.2, 0.25) is 5.60 Å². The summed E-state index contributed by atoms with van der Waals surface area (Å²) in [5.74, 6) is -1.25. The van der Waals surface area contributed by atoms with Gasteiger partial charge >= 0.3 is 5.97 Å². The Balaban J connectivity index is 2.09. The van der Waals surface area contributed by atoms with Crippen LogP contribution in [0.3, 0.4) is 0 Å². The standard InChI is InChI=1S/C21H25NO4/c1-2-3-10-15-22-19(23)16-26-20(24)21(25,17-11-6-4-7-12-17)18-13-8-5-9-14-18/h4-9,11-14,25H,2-3,10,15-16H2,1H3,(H,22,23). The van der Waals surface area contributed by atoms with E-state index in [0.29, 0.717) is 17.7 Å². The topological polar surface area (TPSA) is 75.6 Å². The monoisotopic (exact) mass is 355 g/mol. The quantitative estimate of drug-likeness (QED) is 0.536. The number of esters is 1. The molecule has 26 heavy (non-hydrogen) atoms. The second-order valence-electron chi connectivity index (χ2n) is 6.08. The van der Waals surface area contributed by atoms with Gasteiger partial charge in [0.15, 0.2) is 6.61 Å². The Labute approximate surface area is 154 Å². The minimum atomic E-state index is -1.97. The molecule has 0 aliphatic rings. The van der Waals surface area contributed by atoms with Crippen LogP contribution in [-0.2, 0) is 19.9 Å². The smallest absolute Gasteiger partial charge is 0.348 e. The van der Waals surface area contributed by atoms with Gasteiger partial charge in [-0.1, -0.05) is 80.4 Å². The summed E-state index contributed by atoms with van der Waals surface area (Å²) in [7, 11) is 0. The molecule has 0 aliphatic carbocycles. The molecule has 2 aromatic carbocycles. The van der Waals surface area contributed by atoms with E-state index in [9.17, 15) is 14.7 Å². The van der Waals surface area contributed by atoms with Crippen molar-refractivity contribution in [1.82, 2.24) is 5.32 Å². The predicted octanol–water partition coefficient (Wildman–Crippen LogP) is 2.77. The molecule has 0 unspecified atom stereocenters. The van der Waals surface area contributed by atoms with Crippen LogP contribution >= 0.6 is 0 Å². The minimum Gasteiger partial charge on any atom is -0.453 e. The van der Waals surface area contributed by atoms with Crippen molar-refractivity contribution in [2.45, 2.75) is 31.8 Å². The van der Waals surface area contributed by atoms with Crippen LogP contribution in [0.5, 0.6) is 0 Å². The maximum absolute atomic E-state index is 12.7. The largest absolute Gasteiger partial charge is 0.453 e. The number of hydrogen-bond acceptors (Lipinski definition) is 4. The molecule has 0 saturated heterocycles. The van der Waals surface area contributed by atoms with E-state index in [-0.39, 0.29) is 5.91 Å². The number of hydrogen-bond donors (Lipinski definition) is 2. The third-order valence-electron chi connectivity index (χ3n) is 4.12. The Morgan fingerprint density at radius 2 is 1.50 bits per heavy atom. The van der Waals surface area contributed by atoms with Crippen LogP contribution in [0.25, 0.3) is 0 Å². The van der Waals surface area contributed by atoms with Gasteiger partial charge in [0.05, 0.1) is 0 Å². The fraction of sp³-hybridized carbons (Fsp3) is 0.333. The number of carbonyl (C=O) groups excluding carboxylic acids is 2. The van der Waals surface area contributed by atoms with Gasteiger partial charge in [0, 0.05) is 6.54 Å². The molecule has 5 heteroatoms. The van der Waals surface area contributed by atoms with Crippen molar-refractivity contribution in [3.8, 4) is 0 Å². The molecule has 1 amide bonds. The first kappa shape index (κ1) is 19.7. The number of rotatable bonds is 9. The third kappa shape index (κ3) is 4.92. The normalized spacial score (nSPS) is 11.0. The van der Waals surface area contributed by atoms with Crippen molar-refractivity contribution in [3.63, 3.8) is 0 Å². The molecular weight excluding hydrogens is 330 g/mol. The van der Waals surface area contributed by atoms with E-state index >= 15 is 0 Å². The lowest BCUT2D eigenvalue weighted by Crippen LogP contribution is -2.40. The first-order chi connectivity index (χ1) is 12.6. The molecule has 0 atom stereocenters. The SMILES string of the molecule is CCCCCNC(=O)COC(=O)C(O)(c1ccccc1)c1ccccc1. The van der Waals surface area contributed by atoms with E-state index in [1.165, 1.54) is 0 Å². The van der Waals surface area contributed by atoms with Gasteiger partial charge in [0.1, 0.15) is 0 Å². The third-order valence-corrected chi connectivity index (χ3v) is 4.12. The van der Waals surface area contributed by atoms with Crippen molar-refractivity contribution in [1.29, 1.82) is 0 Å². The number of aliphatic hydroxyl groups is 1. The summed E-state index contributed by atoms with van der Waals surface area (Å²) >= 11 is 0. The van der Waals surface area contributed by atoms with E-state index < -0.39 is 18.2 Å². The van der Waals surface area contributed by atoms with Gasteiger partial charge < -0.3 is 15.2 Å². The molecule has 0 fully saturated rings. The van der Waals surface area contributed by atoms with Gasteiger partial charge in [-0.05, 0) is 17.5 Å². The molecule has 5 nitrogen and oxygen atoms in total. The molecule has 2 N–H and O–H groups in total. The highest BCUT2D eigenvalue weighted by Crippen LogP contribution is 2.30. The summed E-state index contributed by atoms with van der Waals surface area (Å²) in [6, 6.07) is 17.1. The van der Waals surface area contributed by atoms with Crippen LogP contribution in [0.15, 0.2) is 60.7 Å². The van der Waals surface area contributed by atoms with Crippen molar-refractivity contribution >= 4 is 11.9 Å². The summed E-state index contributed by atoms with van der Waals surface area (Å²) < 4.78 is 5.13. The highest BCUT2D eigenvalue weighted by Gasteiger charge is 2.41. The number of ether oxygens (including phenoxy) is 1. The molecule has 0 spiro atoms. The van der Waals surface area contributed by atoms with E-state index in [4.69, 9.17) is 4.74 Å². The van der Waals surface area contributed by atoms with Crippen LogP contribution in [-0.4, -0.2) is 30.1 Å². The first-order valence-electron chi connectivity index (χ1n) is 8.86. The second kappa shape index (κ2) is 9.73. The Hall–Kier alpha value is -2.66. The Morgan fingerprint density at radius 1 is 0.962 bits per heavy atom. The molecule has 0 heterocycles. The lowest BCUT2D eigenvalue weighted by atomic mass is 9.86. The summed E-state index contributed by atoms with van der Waals surface area (Å²) in [5.41, 5.74) is -1.19. The number of nitrogens with one attached hydrogen (secondary N) is 1. The van der Waals surface area contributed by atoms with Crippen LogP contribution in [0.2, 0.25) is 0 Å². The van der Waals surface area contributed by atoms with Gasteiger partial charge in [-0.25, -0.2) is 4.79 Å². The zero-order valence-electron chi connectivity index (χ0n) is 15.0. The lowest BCUT2D eigenvalue weighted by molar-refractivity contribution is -0.164. The molecule has 0 saturated carbocycles. The van der Waals surface area contributed by atoms with Crippen molar-refractivity contribution in [3.05, 3.63) is 71.8 Å². The molecule has 2 aromatic rings. The van der Waals surface area contributed by atoms with Gasteiger partial charge in [-0.3, -0.25) is 4.79 Å². The van der Waals surface area contributed by atoms with E-state index in [0.717, 1.165) is 19.3 Å². The predicted molar refractivity (Wildman–Crippen MR) is 99.4 cm³/mol. The number of unbranched alkanes of at least 4 members (excludes halogenated alkanes) is 2. The number of carbonyl (C=O) groups is 2. The summed E-state index contributed by atoms with van der Waals surface area (Å²) in [5, 5.41) is 13.9. The maximum Gasteiger partial charge on any atom is 0.348 e. The average molecular weight is 355 g/mol. The fourth-order valence-corrected chi connectivity index (χ4v) is 2.65. The Kier molecular flexibility index (Phi) is 7.36. The van der Waals surface area contributed by atoms with Crippen LogP contribution in [0.1, 0.15) is 37.3 Å². The molecular formula is C21H25NO4. The van der Waals surface area contributed by atoms with Gasteiger partial charge in [-0.2, -0.15) is 0 Å². The van der Waals surface area contributed by atoms with E-state index in [1.807, 2.05) is 0 Å². The van der Waals surface area contributed by atoms with Crippen molar-refractivity contribution < 1.29 is 19.4 Å². The molecule has 0 aromatic heterocycles. The average Bonchev–Trinajstić information content (AvgIpc) is 2.70. The van der Waals surface area contributed by atoms with E-state index in [2.05, 4.69) is 12.2 Å². The summed E-state index contributed by atoms with van der Waals surface area (Å²) in [6.45, 7) is 2.20. The molecule has 0 aliphatic heterocycles. The lowest BCUT2D eigenvalue weighted by Gasteiger charge is -2.26.